The van der Waals surface area contributed by atoms with E-state index in [4.69, 9.17) is 0 Å². The number of nitrogens with zero attached hydrogens (tertiary/aromatic N) is 2. The molecule has 170 valence electrons. The fourth-order valence-electron chi connectivity index (χ4n) is 3.18. The number of rotatable bonds is 7. The molecule has 0 unspecified atom stereocenters. The fraction of sp³-hybridized carbons (Fsp3) is 0.333. The first-order chi connectivity index (χ1) is 15.0. The highest BCUT2D eigenvalue weighted by molar-refractivity contribution is 7.89. The predicted octanol–water partition coefficient (Wildman–Crippen LogP) is 4.49. The maximum atomic E-state index is 12.6. The second-order valence-electron chi connectivity index (χ2n) is 9.00. The van der Waals surface area contributed by atoms with Gasteiger partial charge in [-0.2, -0.15) is 5.10 Å². The molecule has 0 aliphatic carbocycles. The number of anilines is 1. The molecule has 3 rings (SSSR count). The molecular weight excluding hydrogens is 424 g/mol. The molecule has 0 atom stereocenters. The van der Waals surface area contributed by atoms with E-state index in [0.29, 0.717) is 11.4 Å². The molecule has 0 aliphatic rings. The van der Waals surface area contributed by atoms with Gasteiger partial charge in [-0.3, -0.25) is 4.79 Å². The van der Waals surface area contributed by atoms with E-state index in [9.17, 15) is 13.2 Å². The van der Waals surface area contributed by atoms with Gasteiger partial charge in [0, 0.05) is 24.2 Å². The van der Waals surface area contributed by atoms with Gasteiger partial charge in [-0.15, -0.1) is 0 Å². The maximum Gasteiger partial charge on any atom is 0.256 e. The molecule has 7 nitrogen and oxygen atoms in total. The lowest BCUT2D eigenvalue weighted by atomic mass is 9.87. The van der Waals surface area contributed by atoms with E-state index >= 15 is 0 Å². The van der Waals surface area contributed by atoms with Crippen molar-refractivity contribution in [1.29, 1.82) is 0 Å². The molecule has 0 fully saturated rings. The van der Waals surface area contributed by atoms with Crippen molar-refractivity contribution in [2.45, 2.75) is 57.5 Å². The topological polar surface area (TPSA) is 93.1 Å². The predicted molar refractivity (Wildman–Crippen MR) is 126 cm³/mol. The Bertz CT molecular complexity index is 1170. The van der Waals surface area contributed by atoms with Crippen LogP contribution in [0.1, 0.15) is 62.1 Å². The molecule has 3 aromatic rings. The van der Waals surface area contributed by atoms with Crippen molar-refractivity contribution in [3.63, 3.8) is 0 Å². The summed E-state index contributed by atoms with van der Waals surface area (Å²) in [6.07, 6.45) is 1.64. The number of amides is 1. The number of carbonyl (C=O) groups is 1. The van der Waals surface area contributed by atoms with Gasteiger partial charge in [-0.05, 0) is 54.7 Å². The molecule has 32 heavy (non-hydrogen) atoms. The molecule has 1 heterocycles. The third kappa shape index (κ3) is 5.63. The lowest BCUT2D eigenvalue weighted by Crippen LogP contribution is -2.23. The maximum absolute atomic E-state index is 12.6. The van der Waals surface area contributed by atoms with Crippen LogP contribution in [0.4, 0.5) is 5.82 Å². The molecule has 8 heteroatoms. The summed E-state index contributed by atoms with van der Waals surface area (Å²) < 4.78 is 29.6. The average Bonchev–Trinajstić information content (AvgIpc) is 3.20. The fourth-order valence-corrected chi connectivity index (χ4v) is 4.20. The van der Waals surface area contributed by atoms with Gasteiger partial charge in [-0.1, -0.05) is 45.0 Å². The average molecular weight is 455 g/mol. The summed E-state index contributed by atoms with van der Waals surface area (Å²) in [4.78, 5) is 12.8. The van der Waals surface area contributed by atoms with Crippen molar-refractivity contribution >= 4 is 21.7 Å². The Hall–Kier alpha value is -2.97. The first kappa shape index (κ1) is 23.7. The minimum Gasteiger partial charge on any atom is -0.307 e. The Morgan fingerprint density at radius 3 is 2.19 bits per heavy atom. The van der Waals surface area contributed by atoms with E-state index in [1.807, 2.05) is 26.0 Å². The van der Waals surface area contributed by atoms with Gasteiger partial charge in [0.25, 0.3) is 5.91 Å². The number of sulfonamides is 1. The molecule has 0 aliphatic heterocycles. The largest absolute Gasteiger partial charge is 0.307 e. The van der Waals surface area contributed by atoms with Gasteiger partial charge in [0.05, 0.1) is 11.1 Å². The molecule has 1 amide bonds. The van der Waals surface area contributed by atoms with E-state index in [0.717, 1.165) is 11.1 Å². The van der Waals surface area contributed by atoms with Crippen LogP contribution in [0.25, 0.3) is 0 Å². The summed E-state index contributed by atoms with van der Waals surface area (Å²) in [6.45, 7) is 10.3. The zero-order chi connectivity index (χ0) is 23.5. The molecule has 0 saturated carbocycles. The van der Waals surface area contributed by atoms with Gasteiger partial charge in [0.2, 0.25) is 10.0 Å². The number of benzene rings is 2. The van der Waals surface area contributed by atoms with Gasteiger partial charge in [-0.25, -0.2) is 17.8 Å². The van der Waals surface area contributed by atoms with Crippen LogP contribution in [0.3, 0.4) is 0 Å². The lowest BCUT2D eigenvalue weighted by molar-refractivity contribution is 0.102. The van der Waals surface area contributed by atoms with Gasteiger partial charge in [0.1, 0.15) is 5.82 Å². The second-order valence-corrected chi connectivity index (χ2v) is 10.8. The molecule has 0 radical (unpaired) electrons. The van der Waals surface area contributed by atoms with E-state index < -0.39 is 10.0 Å². The van der Waals surface area contributed by atoms with Crippen molar-refractivity contribution in [3.05, 3.63) is 77.5 Å². The van der Waals surface area contributed by atoms with Crippen LogP contribution in [-0.4, -0.2) is 24.1 Å². The first-order valence-corrected chi connectivity index (χ1v) is 12.0. The van der Waals surface area contributed by atoms with E-state index in [1.165, 1.54) is 0 Å². The molecule has 1 aromatic heterocycles. The Balaban J connectivity index is 1.63. The molecule has 2 N–H and O–H groups in total. The van der Waals surface area contributed by atoms with Crippen LogP contribution >= 0.6 is 0 Å². The minimum absolute atomic E-state index is 0.0435. The van der Waals surface area contributed by atoms with Crippen LogP contribution in [0, 0.1) is 0 Å². The van der Waals surface area contributed by atoms with Crippen LogP contribution in [-0.2, 0) is 22.0 Å². The van der Waals surface area contributed by atoms with Gasteiger partial charge < -0.3 is 5.32 Å². The Labute approximate surface area is 189 Å². The summed E-state index contributed by atoms with van der Waals surface area (Å²) in [5, 5.41) is 7.05. The van der Waals surface area contributed by atoms with Gasteiger partial charge in [0.15, 0.2) is 0 Å². The molecule has 0 bridgehead atoms. The van der Waals surface area contributed by atoms with Gasteiger partial charge >= 0.3 is 0 Å². The third-order valence-corrected chi connectivity index (χ3v) is 6.53. The molecule has 2 aromatic carbocycles. The molecule has 0 spiro atoms. The Morgan fingerprint density at radius 1 is 1.00 bits per heavy atom. The minimum atomic E-state index is -3.63. The first-order valence-electron chi connectivity index (χ1n) is 10.5. The number of carbonyl (C=O) groups excluding carboxylic acids is 1. The van der Waals surface area contributed by atoms with Crippen LogP contribution in [0.15, 0.2) is 65.7 Å². The SMILES string of the molecule is CC(C)n1nccc1NC(=O)c1ccc(CNS(=O)(=O)c2ccc(C(C)(C)C)cc2)cc1. The van der Waals surface area contributed by atoms with Crippen LogP contribution < -0.4 is 10.0 Å². The highest BCUT2D eigenvalue weighted by Gasteiger charge is 2.18. The summed E-state index contributed by atoms with van der Waals surface area (Å²) in [5.74, 6) is 0.373. The quantitative estimate of drug-likeness (QED) is 0.550. The number of hydrogen-bond acceptors (Lipinski definition) is 4. The van der Waals surface area contributed by atoms with E-state index in [2.05, 4.69) is 35.9 Å². The summed E-state index contributed by atoms with van der Waals surface area (Å²) in [6, 6.07) is 15.6. The number of hydrogen-bond donors (Lipinski definition) is 2. The van der Waals surface area contributed by atoms with Crippen molar-refractivity contribution < 1.29 is 13.2 Å². The number of aromatic nitrogens is 2. The van der Waals surface area contributed by atoms with Crippen molar-refractivity contribution in [2.75, 3.05) is 5.32 Å². The van der Waals surface area contributed by atoms with Crippen molar-refractivity contribution in [1.82, 2.24) is 14.5 Å². The van der Waals surface area contributed by atoms with E-state index in [1.54, 1.807) is 53.3 Å². The number of nitrogens with one attached hydrogen (secondary N) is 2. The van der Waals surface area contributed by atoms with E-state index in [-0.39, 0.29) is 28.8 Å². The lowest BCUT2D eigenvalue weighted by Gasteiger charge is -2.19. The summed E-state index contributed by atoms with van der Waals surface area (Å²) in [7, 11) is -3.63. The normalized spacial score (nSPS) is 12.2. The van der Waals surface area contributed by atoms with Crippen molar-refractivity contribution in [2.24, 2.45) is 0 Å². The Morgan fingerprint density at radius 2 is 1.62 bits per heavy atom. The summed E-state index contributed by atoms with van der Waals surface area (Å²) >= 11 is 0. The van der Waals surface area contributed by atoms with Crippen molar-refractivity contribution in [3.8, 4) is 0 Å². The Kier molecular flexibility index (Phi) is 6.85. The zero-order valence-electron chi connectivity index (χ0n) is 19.1. The zero-order valence-corrected chi connectivity index (χ0v) is 19.9. The highest BCUT2D eigenvalue weighted by atomic mass is 32.2. The highest BCUT2D eigenvalue weighted by Crippen LogP contribution is 2.23. The second kappa shape index (κ2) is 9.26. The monoisotopic (exact) mass is 454 g/mol. The third-order valence-electron chi connectivity index (χ3n) is 5.11. The smallest absolute Gasteiger partial charge is 0.256 e. The standard InChI is InChI=1S/C24H30N4O3S/c1-17(2)28-22(14-15-25-28)27-23(29)19-8-6-18(7-9-19)16-26-32(30,31)21-12-10-20(11-13-21)24(3,4)5/h6-15,17,26H,16H2,1-5H3,(H,27,29). The summed E-state index contributed by atoms with van der Waals surface area (Å²) in [5.41, 5.74) is 2.26. The molecular formula is C24H30N4O3S. The van der Waals surface area contributed by atoms with Crippen LogP contribution in [0.2, 0.25) is 0 Å². The van der Waals surface area contributed by atoms with Crippen LogP contribution in [0.5, 0.6) is 0 Å². The molecule has 0 saturated heterocycles.